The maximum atomic E-state index is 11.8. The van der Waals surface area contributed by atoms with Gasteiger partial charge in [-0.1, -0.05) is 70.9 Å². The number of benzene rings is 2. The van der Waals surface area contributed by atoms with E-state index >= 15 is 0 Å². The van der Waals surface area contributed by atoms with Crippen molar-refractivity contribution in [3.8, 4) is 11.8 Å². The van der Waals surface area contributed by atoms with Crippen molar-refractivity contribution < 1.29 is 9.53 Å². The molecule has 132 valence electrons. The van der Waals surface area contributed by atoms with Crippen molar-refractivity contribution in [3.63, 3.8) is 0 Å². The molecule has 2 rings (SSSR count). The van der Waals surface area contributed by atoms with Crippen LogP contribution in [0.15, 0.2) is 60.7 Å². The van der Waals surface area contributed by atoms with Crippen molar-refractivity contribution in [1.29, 1.82) is 0 Å². The molecule has 0 bridgehead atoms. The Morgan fingerprint density at radius 3 is 2.42 bits per heavy atom. The summed E-state index contributed by atoms with van der Waals surface area (Å²) in [5, 5.41) is 1.75. The summed E-state index contributed by atoms with van der Waals surface area (Å²) in [7, 11) is 0. The smallest absolute Gasteiger partial charge is 0.331 e. The van der Waals surface area contributed by atoms with Gasteiger partial charge in [0.1, 0.15) is 0 Å². The summed E-state index contributed by atoms with van der Waals surface area (Å²) in [6.07, 6.45) is 5.83. The highest BCUT2D eigenvalue weighted by Gasteiger charge is 2.02. The Bertz CT molecular complexity index is 888. The molecular formula is C21H15Cl3O2. The molecule has 26 heavy (non-hydrogen) atoms. The normalized spacial score (nSPS) is 12.0. The quantitative estimate of drug-likeness (QED) is 0.262. The molecule has 0 fully saturated rings. The van der Waals surface area contributed by atoms with E-state index in [0.29, 0.717) is 15.1 Å². The summed E-state index contributed by atoms with van der Waals surface area (Å²) in [5.41, 5.74) is 1.60. The Hall–Kier alpha value is -2.18. The molecule has 0 N–H and O–H groups in total. The van der Waals surface area contributed by atoms with E-state index in [0.717, 1.165) is 11.1 Å². The van der Waals surface area contributed by atoms with Crippen LogP contribution >= 0.6 is 34.8 Å². The van der Waals surface area contributed by atoms with E-state index in [1.54, 1.807) is 67.6 Å². The van der Waals surface area contributed by atoms with E-state index in [9.17, 15) is 4.79 Å². The van der Waals surface area contributed by atoms with E-state index in [2.05, 4.69) is 11.8 Å². The summed E-state index contributed by atoms with van der Waals surface area (Å²) < 4.78 is 5.18. The second-order valence-corrected chi connectivity index (χ2v) is 6.52. The van der Waals surface area contributed by atoms with Gasteiger partial charge in [-0.25, -0.2) is 4.79 Å². The topological polar surface area (TPSA) is 26.3 Å². The van der Waals surface area contributed by atoms with Crippen molar-refractivity contribution >= 4 is 46.8 Å². The molecule has 2 aromatic rings. The third kappa shape index (κ3) is 6.98. The van der Waals surface area contributed by atoms with Crippen LogP contribution in [0.25, 0.3) is 6.08 Å². The molecule has 5 heteroatoms. The summed E-state index contributed by atoms with van der Waals surface area (Å²) in [6.45, 7) is 1.71. The summed E-state index contributed by atoms with van der Waals surface area (Å²) >= 11 is 17.7. The van der Waals surface area contributed by atoms with Crippen LogP contribution in [0.5, 0.6) is 0 Å². The largest absolute Gasteiger partial charge is 0.446 e. The van der Waals surface area contributed by atoms with Gasteiger partial charge in [0.25, 0.3) is 0 Å². The SMILES string of the molecule is C[C@H](C#Cc1ccc(Cl)cc1)OC(=O)C=CC=Cc1ccc(Cl)cc1Cl. The monoisotopic (exact) mass is 404 g/mol. The van der Waals surface area contributed by atoms with Gasteiger partial charge in [0.15, 0.2) is 6.10 Å². The molecule has 1 atom stereocenters. The zero-order valence-corrected chi connectivity index (χ0v) is 16.1. The van der Waals surface area contributed by atoms with Gasteiger partial charge < -0.3 is 4.74 Å². The fraction of sp³-hybridized carbons (Fsp3) is 0.0952. The number of hydrogen-bond donors (Lipinski definition) is 0. The molecule has 0 aliphatic carbocycles. The highest BCUT2D eigenvalue weighted by Crippen LogP contribution is 2.21. The fourth-order valence-electron chi connectivity index (χ4n) is 1.89. The minimum atomic E-state index is -0.530. The number of carbonyl (C=O) groups excluding carboxylic acids is 1. The fourth-order valence-corrected chi connectivity index (χ4v) is 2.49. The minimum Gasteiger partial charge on any atom is -0.446 e. The first-order chi connectivity index (χ1) is 12.4. The van der Waals surface area contributed by atoms with E-state index in [1.165, 1.54) is 6.08 Å². The molecule has 0 aliphatic heterocycles. The standard InChI is InChI=1S/C21H15Cl3O2/c1-15(6-7-16-8-11-18(22)12-9-16)26-21(25)5-3-2-4-17-10-13-19(23)14-20(17)24/h2-5,8-15H,1H3/t15-/m1/s1. The maximum Gasteiger partial charge on any atom is 0.331 e. The lowest BCUT2D eigenvalue weighted by atomic mass is 10.2. The van der Waals surface area contributed by atoms with Crippen molar-refractivity contribution in [3.05, 3.63) is 86.9 Å². The van der Waals surface area contributed by atoms with E-state index in [1.807, 2.05) is 0 Å². The Labute approximate surface area is 168 Å². The lowest BCUT2D eigenvalue weighted by Gasteiger charge is -2.03. The predicted octanol–water partition coefficient (Wildman–Crippen LogP) is 6.20. The number of ether oxygens (including phenoxy) is 1. The number of esters is 1. The Morgan fingerprint density at radius 1 is 1.04 bits per heavy atom. The Balaban J connectivity index is 1.86. The summed E-state index contributed by atoms with van der Waals surface area (Å²) in [5.74, 6) is 5.31. The first-order valence-corrected chi connectivity index (χ1v) is 8.85. The molecule has 0 amide bonds. The molecular weight excluding hydrogens is 391 g/mol. The van der Waals surface area contributed by atoms with Crippen LogP contribution in [-0.4, -0.2) is 12.1 Å². The van der Waals surface area contributed by atoms with Crippen molar-refractivity contribution in [2.45, 2.75) is 13.0 Å². The van der Waals surface area contributed by atoms with Crippen LogP contribution in [0.1, 0.15) is 18.1 Å². The van der Waals surface area contributed by atoms with E-state index in [-0.39, 0.29) is 0 Å². The third-order valence-corrected chi connectivity index (χ3v) is 3.95. The average Bonchev–Trinajstić information content (AvgIpc) is 2.59. The summed E-state index contributed by atoms with van der Waals surface area (Å²) in [4.78, 5) is 11.8. The van der Waals surface area contributed by atoms with Crippen LogP contribution in [0, 0.1) is 11.8 Å². The maximum absolute atomic E-state index is 11.8. The van der Waals surface area contributed by atoms with Crippen LogP contribution in [0.4, 0.5) is 0 Å². The Morgan fingerprint density at radius 2 is 1.73 bits per heavy atom. The van der Waals surface area contributed by atoms with Crippen molar-refractivity contribution in [1.82, 2.24) is 0 Å². The number of carbonyl (C=O) groups is 1. The third-order valence-electron chi connectivity index (χ3n) is 3.14. The molecule has 0 saturated heterocycles. The molecule has 0 heterocycles. The van der Waals surface area contributed by atoms with Crippen LogP contribution < -0.4 is 0 Å². The second kappa shape index (κ2) is 10.1. The van der Waals surface area contributed by atoms with E-state index in [4.69, 9.17) is 39.5 Å². The molecule has 0 unspecified atom stereocenters. The molecule has 0 radical (unpaired) electrons. The minimum absolute atomic E-state index is 0.477. The van der Waals surface area contributed by atoms with E-state index < -0.39 is 12.1 Å². The van der Waals surface area contributed by atoms with Crippen molar-refractivity contribution in [2.24, 2.45) is 0 Å². The predicted molar refractivity (Wildman–Crippen MR) is 109 cm³/mol. The van der Waals surface area contributed by atoms with Gasteiger partial charge in [0.2, 0.25) is 0 Å². The second-order valence-electron chi connectivity index (χ2n) is 5.24. The van der Waals surface area contributed by atoms with Gasteiger partial charge in [-0.3, -0.25) is 0 Å². The summed E-state index contributed by atoms with van der Waals surface area (Å²) in [6, 6.07) is 12.3. The van der Waals surface area contributed by atoms with Gasteiger partial charge in [0, 0.05) is 26.7 Å². The molecule has 0 aliphatic rings. The first-order valence-electron chi connectivity index (χ1n) is 7.71. The molecule has 2 aromatic carbocycles. The zero-order valence-electron chi connectivity index (χ0n) is 13.9. The van der Waals surface area contributed by atoms with Crippen LogP contribution in [-0.2, 0) is 9.53 Å². The van der Waals surface area contributed by atoms with Gasteiger partial charge in [-0.15, -0.1) is 0 Å². The highest BCUT2D eigenvalue weighted by molar-refractivity contribution is 6.35. The van der Waals surface area contributed by atoms with Gasteiger partial charge in [-0.2, -0.15) is 0 Å². The number of allylic oxidation sites excluding steroid dienone is 2. The van der Waals surface area contributed by atoms with Gasteiger partial charge in [0.05, 0.1) is 0 Å². The zero-order chi connectivity index (χ0) is 18.9. The first kappa shape index (κ1) is 20.1. The Kier molecular flexibility index (Phi) is 7.81. The van der Waals surface area contributed by atoms with Gasteiger partial charge in [-0.05, 0) is 48.9 Å². The number of rotatable bonds is 4. The number of halogens is 3. The van der Waals surface area contributed by atoms with Crippen LogP contribution in [0.3, 0.4) is 0 Å². The molecule has 0 spiro atoms. The van der Waals surface area contributed by atoms with Crippen molar-refractivity contribution in [2.75, 3.05) is 0 Å². The van der Waals surface area contributed by atoms with Gasteiger partial charge >= 0.3 is 5.97 Å². The number of hydrogen-bond acceptors (Lipinski definition) is 2. The average molecular weight is 406 g/mol. The lowest BCUT2D eigenvalue weighted by molar-refractivity contribution is -0.139. The van der Waals surface area contributed by atoms with Crippen LogP contribution in [0.2, 0.25) is 15.1 Å². The molecule has 0 aromatic heterocycles. The lowest BCUT2D eigenvalue weighted by Crippen LogP contribution is -2.10. The molecule has 2 nitrogen and oxygen atoms in total. The molecule has 0 saturated carbocycles. The highest BCUT2D eigenvalue weighted by atomic mass is 35.5.